The largest absolute Gasteiger partial charge is 0.464 e. The Hall–Kier alpha value is -1.39. The summed E-state index contributed by atoms with van der Waals surface area (Å²) in [6.45, 7) is 7.05. The summed E-state index contributed by atoms with van der Waals surface area (Å²) < 4.78 is 6.49. The van der Waals surface area contributed by atoms with Crippen LogP contribution in [-0.4, -0.2) is 28.1 Å². The summed E-state index contributed by atoms with van der Waals surface area (Å²) >= 11 is 0. The predicted octanol–water partition coefficient (Wildman–Crippen LogP) is 1.67. The molecular weight excluding hydrogens is 206 g/mol. The molecule has 0 N–H and O–H groups in total. The Morgan fingerprint density at radius 2 is 2.19 bits per heavy atom. The third-order valence-corrected chi connectivity index (χ3v) is 2.24. The molecule has 16 heavy (non-hydrogen) atoms. The zero-order valence-corrected chi connectivity index (χ0v) is 10.4. The molecule has 0 aliphatic heterocycles. The monoisotopic (exact) mass is 225 g/mol. The molecule has 0 bridgehead atoms. The fourth-order valence-corrected chi connectivity index (χ4v) is 1.56. The van der Waals surface area contributed by atoms with E-state index in [9.17, 15) is 4.79 Å². The Labute approximate surface area is 95.8 Å². The molecule has 1 aromatic heterocycles. The normalized spacial score (nSPS) is 10.8. The van der Waals surface area contributed by atoms with Crippen molar-refractivity contribution in [3.63, 3.8) is 0 Å². The van der Waals surface area contributed by atoms with Crippen LogP contribution in [0, 0.1) is 5.92 Å². The molecule has 0 unspecified atom stereocenters. The minimum atomic E-state index is -0.404. The maximum atomic E-state index is 11.5. The molecule has 5 heteroatoms. The van der Waals surface area contributed by atoms with Crippen LogP contribution in [0.3, 0.4) is 0 Å². The van der Waals surface area contributed by atoms with Gasteiger partial charge in [0.2, 0.25) is 0 Å². The highest BCUT2D eigenvalue weighted by Crippen LogP contribution is 2.11. The Kier molecular flexibility index (Phi) is 4.46. The molecule has 1 heterocycles. The molecule has 90 valence electrons. The zero-order chi connectivity index (χ0) is 12.1. The number of hydrogen-bond acceptors (Lipinski definition) is 4. The van der Waals surface area contributed by atoms with Crippen LogP contribution in [0.4, 0.5) is 0 Å². The lowest BCUT2D eigenvalue weighted by atomic mass is 10.2. The summed E-state index contributed by atoms with van der Waals surface area (Å²) in [7, 11) is 1.36. The summed E-state index contributed by atoms with van der Waals surface area (Å²) in [5.41, 5.74) is 1.23. The molecular formula is C11H19N3O2. The van der Waals surface area contributed by atoms with E-state index >= 15 is 0 Å². The maximum Gasteiger partial charge on any atom is 0.360 e. The van der Waals surface area contributed by atoms with Crippen molar-refractivity contribution >= 4 is 5.97 Å². The topological polar surface area (TPSA) is 57.0 Å². The summed E-state index contributed by atoms with van der Waals surface area (Å²) in [6, 6.07) is 0. The molecule has 0 atom stereocenters. The first-order valence-corrected chi connectivity index (χ1v) is 5.60. The second-order valence-corrected chi connectivity index (χ2v) is 4.20. The first-order valence-electron chi connectivity index (χ1n) is 5.60. The summed E-state index contributed by atoms with van der Waals surface area (Å²) in [5, 5.41) is 7.91. The Bertz CT molecular complexity index is 358. The molecule has 1 rings (SSSR count). The van der Waals surface area contributed by atoms with Crippen LogP contribution in [0.2, 0.25) is 0 Å². The van der Waals surface area contributed by atoms with Crippen molar-refractivity contribution in [2.45, 2.75) is 40.2 Å². The molecule has 0 aromatic carbocycles. The number of esters is 1. The average molecular weight is 225 g/mol. The maximum absolute atomic E-state index is 11.5. The lowest BCUT2D eigenvalue weighted by Gasteiger charge is -2.08. The van der Waals surface area contributed by atoms with Crippen LogP contribution in [0.15, 0.2) is 0 Å². The van der Waals surface area contributed by atoms with E-state index in [2.05, 4.69) is 35.8 Å². The van der Waals surface area contributed by atoms with Crippen molar-refractivity contribution in [3.8, 4) is 0 Å². The van der Waals surface area contributed by atoms with Gasteiger partial charge >= 0.3 is 5.97 Å². The van der Waals surface area contributed by atoms with Gasteiger partial charge < -0.3 is 4.74 Å². The van der Waals surface area contributed by atoms with Crippen LogP contribution >= 0.6 is 0 Å². The van der Waals surface area contributed by atoms with Crippen molar-refractivity contribution in [3.05, 3.63) is 11.4 Å². The van der Waals surface area contributed by atoms with Crippen LogP contribution < -0.4 is 0 Å². The molecule has 0 radical (unpaired) electrons. The molecule has 0 saturated carbocycles. The lowest BCUT2D eigenvalue weighted by Crippen LogP contribution is -2.12. The van der Waals surface area contributed by atoms with Gasteiger partial charge in [0, 0.05) is 6.54 Å². The fraction of sp³-hybridized carbons (Fsp3) is 0.727. The predicted molar refractivity (Wildman–Crippen MR) is 60.2 cm³/mol. The number of carbonyl (C=O) groups excluding carboxylic acids is 1. The van der Waals surface area contributed by atoms with Gasteiger partial charge in [-0.2, -0.15) is 0 Å². The molecule has 0 fully saturated rings. The number of ether oxygens (including phenoxy) is 1. The van der Waals surface area contributed by atoms with Gasteiger partial charge in [0.15, 0.2) is 5.69 Å². The van der Waals surface area contributed by atoms with Gasteiger partial charge in [0.05, 0.1) is 12.8 Å². The quantitative estimate of drug-likeness (QED) is 0.715. The number of hydrogen-bond donors (Lipinski definition) is 0. The number of nitrogens with zero attached hydrogens (tertiary/aromatic N) is 3. The Morgan fingerprint density at radius 3 is 2.69 bits per heavy atom. The van der Waals surface area contributed by atoms with E-state index in [4.69, 9.17) is 0 Å². The minimum absolute atomic E-state index is 0.352. The molecule has 0 amide bonds. The highest BCUT2D eigenvalue weighted by molar-refractivity contribution is 5.88. The second kappa shape index (κ2) is 5.63. The molecule has 0 spiro atoms. The molecule has 0 aliphatic rings. The SMILES string of the molecule is CCCc1c(C(=O)OC)nnn1CC(C)C. The number of rotatable bonds is 5. The van der Waals surface area contributed by atoms with E-state index in [0.717, 1.165) is 25.1 Å². The van der Waals surface area contributed by atoms with Gasteiger partial charge in [-0.25, -0.2) is 9.48 Å². The Morgan fingerprint density at radius 1 is 1.50 bits per heavy atom. The van der Waals surface area contributed by atoms with Crippen LogP contribution in [0.5, 0.6) is 0 Å². The van der Waals surface area contributed by atoms with Gasteiger partial charge in [-0.1, -0.05) is 32.4 Å². The van der Waals surface area contributed by atoms with E-state index in [-0.39, 0.29) is 0 Å². The molecule has 5 nitrogen and oxygen atoms in total. The minimum Gasteiger partial charge on any atom is -0.464 e. The Balaban J connectivity index is 3.01. The van der Waals surface area contributed by atoms with Gasteiger partial charge in [-0.05, 0) is 12.3 Å². The average Bonchev–Trinajstić information content (AvgIpc) is 2.61. The highest BCUT2D eigenvalue weighted by Gasteiger charge is 2.19. The van der Waals surface area contributed by atoms with Crippen LogP contribution in [-0.2, 0) is 17.7 Å². The van der Waals surface area contributed by atoms with E-state index < -0.39 is 5.97 Å². The molecule has 0 aliphatic carbocycles. The van der Waals surface area contributed by atoms with E-state index in [0.29, 0.717) is 11.6 Å². The third kappa shape index (κ3) is 2.81. The summed E-state index contributed by atoms with van der Waals surface area (Å²) in [5.74, 6) is 0.0706. The van der Waals surface area contributed by atoms with Crippen LogP contribution in [0.25, 0.3) is 0 Å². The summed E-state index contributed by atoms with van der Waals surface area (Å²) in [6.07, 6.45) is 1.75. The molecule has 1 aromatic rings. The van der Waals surface area contributed by atoms with Gasteiger partial charge in [-0.3, -0.25) is 0 Å². The number of methoxy groups -OCH3 is 1. The standard InChI is InChI=1S/C11H19N3O2/c1-5-6-9-10(11(15)16-4)12-13-14(9)7-8(2)3/h8H,5-7H2,1-4H3. The van der Waals surface area contributed by atoms with Crippen molar-refractivity contribution in [2.75, 3.05) is 7.11 Å². The van der Waals surface area contributed by atoms with E-state index in [1.807, 2.05) is 0 Å². The fourth-order valence-electron chi connectivity index (χ4n) is 1.56. The van der Waals surface area contributed by atoms with Crippen molar-refractivity contribution in [2.24, 2.45) is 5.92 Å². The summed E-state index contributed by atoms with van der Waals surface area (Å²) in [4.78, 5) is 11.5. The van der Waals surface area contributed by atoms with Gasteiger partial charge in [0.1, 0.15) is 0 Å². The van der Waals surface area contributed by atoms with Crippen molar-refractivity contribution < 1.29 is 9.53 Å². The van der Waals surface area contributed by atoms with Crippen LogP contribution in [0.1, 0.15) is 43.4 Å². The van der Waals surface area contributed by atoms with Gasteiger partial charge in [0.25, 0.3) is 0 Å². The number of aromatic nitrogens is 3. The lowest BCUT2D eigenvalue weighted by molar-refractivity contribution is 0.0592. The van der Waals surface area contributed by atoms with E-state index in [1.54, 1.807) is 4.68 Å². The first kappa shape index (κ1) is 12.7. The third-order valence-electron chi connectivity index (χ3n) is 2.24. The smallest absolute Gasteiger partial charge is 0.360 e. The second-order valence-electron chi connectivity index (χ2n) is 4.20. The highest BCUT2D eigenvalue weighted by atomic mass is 16.5. The van der Waals surface area contributed by atoms with E-state index in [1.165, 1.54) is 7.11 Å². The zero-order valence-electron chi connectivity index (χ0n) is 10.4. The number of carbonyl (C=O) groups is 1. The van der Waals surface area contributed by atoms with Gasteiger partial charge in [-0.15, -0.1) is 5.10 Å². The molecule has 0 saturated heterocycles. The van der Waals surface area contributed by atoms with Crippen molar-refractivity contribution in [1.82, 2.24) is 15.0 Å². The van der Waals surface area contributed by atoms with Crippen molar-refractivity contribution in [1.29, 1.82) is 0 Å². The first-order chi connectivity index (χ1) is 7.60.